The molecular weight excluding hydrogens is 449 g/mol. The van der Waals surface area contributed by atoms with Gasteiger partial charge in [-0.05, 0) is 18.3 Å². The molecule has 0 N–H and O–H groups in total. The summed E-state index contributed by atoms with van der Waals surface area (Å²) in [7, 11) is 0. The number of rotatable bonds is 10. The Balaban J connectivity index is 0. The van der Waals surface area contributed by atoms with E-state index in [1.165, 1.54) is 38.5 Å². The molecule has 0 saturated heterocycles. The molecule has 0 aliphatic heterocycles. The van der Waals surface area contributed by atoms with Crippen LogP contribution in [0.1, 0.15) is 79.6 Å². The van der Waals surface area contributed by atoms with Crippen molar-refractivity contribution in [2.45, 2.75) is 79.6 Å². The molecule has 0 aliphatic carbocycles. The Morgan fingerprint density at radius 2 is 1.50 bits per heavy atom. The second-order valence-corrected chi connectivity index (χ2v) is 6.26. The molecular formula is C16H32FU-. The number of hydrogen-bond donors (Lipinski definition) is 0. The van der Waals surface area contributed by atoms with Gasteiger partial charge in [-0.3, -0.25) is 0 Å². The maximum Gasteiger partial charge on any atom is 0 e. The molecule has 18 heavy (non-hydrogen) atoms. The summed E-state index contributed by atoms with van der Waals surface area (Å²) in [5, 5.41) is 0. The molecule has 0 aromatic carbocycles. The van der Waals surface area contributed by atoms with E-state index in [-0.39, 0.29) is 37.0 Å². The summed E-state index contributed by atoms with van der Waals surface area (Å²) >= 11 is 0. The first-order valence-electron chi connectivity index (χ1n) is 7.42. The molecule has 0 fully saturated rings. The first-order chi connectivity index (χ1) is 7.99. The smallest absolute Gasteiger partial charge is 0 e. The normalized spacial score (nSPS) is 13.5. The zero-order chi connectivity index (χ0) is 13.3. The van der Waals surface area contributed by atoms with Crippen molar-refractivity contribution in [1.82, 2.24) is 0 Å². The van der Waals surface area contributed by atoms with Crippen LogP contribution in [0.25, 0.3) is 0 Å². The van der Waals surface area contributed by atoms with Gasteiger partial charge in [-0.1, -0.05) is 72.6 Å². The molecule has 1 unspecified atom stereocenters. The summed E-state index contributed by atoms with van der Waals surface area (Å²) in [4.78, 5) is 0. The summed E-state index contributed by atoms with van der Waals surface area (Å²) in [6.07, 6.45) is 8.55. The second-order valence-electron chi connectivity index (χ2n) is 6.26. The molecule has 0 saturated carbocycles. The predicted molar refractivity (Wildman–Crippen MR) is 75.5 cm³/mol. The van der Waals surface area contributed by atoms with Crippen LogP contribution in [0.5, 0.6) is 0 Å². The molecule has 1 atom stereocenters. The van der Waals surface area contributed by atoms with Crippen LogP contribution in [0.2, 0.25) is 0 Å². The van der Waals surface area contributed by atoms with E-state index in [4.69, 9.17) is 0 Å². The molecule has 108 valence electrons. The zero-order valence-corrected chi connectivity index (χ0v) is 17.2. The summed E-state index contributed by atoms with van der Waals surface area (Å²) < 4.78 is 13.0. The predicted octanol–water partition coefficient (Wildman–Crippen LogP) is 6.17. The average Bonchev–Trinajstić information content (AvgIpc) is 2.31. The molecule has 0 spiro atoms. The zero-order valence-electron chi connectivity index (χ0n) is 13.1. The van der Waals surface area contributed by atoms with Crippen LogP contribution in [0.3, 0.4) is 0 Å². The Bertz CT molecular complexity index is 172. The van der Waals surface area contributed by atoms with Gasteiger partial charge in [0.2, 0.25) is 0 Å². The molecule has 0 heterocycles. The van der Waals surface area contributed by atoms with Crippen molar-refractivity contribution < 1.29 is 35.5 Å². The van der Waals surface area contributed by atoms with Crippen molar-refractivity contribution in [3.05, 3.63) is 6.67 Å². The third-order valence-electron chi connectivity index (χ3n) is 4.01. The maximum atomic E-state index is 13.0. The van der Waals surface area contributed by atoms with E-state index in [0.29, 0.717) is 11.3 Å². The minimum Gasteiger partial charge on any atom is -0.459 e. The molecule has 0 amide bonds. The van der Waals surface area contributed by atoms with Gasteiger partial charge in [0.05, 0.1) is 0 Å². The second kappa shape index (κ2) is 11.8. The van der Waals surface area contributed by atoms with Gasteiger partial charge in [-0.2, -0.15) is 6.67 Å². The standard InChI is InChI=1S/C16H32F.U/c1-6-8-10-16(5,11-9-7-2)12-15(13-17)14(3)4;/h13-15H,6-12H2,1-5H3;/q-1;. The molecule has 2 heteroatoms. The average molecular weight is 481 g/mol. The number of hydrogen-bond acceptors (Lipinski definition) is 0. The van der Waals surface area contributed by atoms with Crippen molar-refractivity contribution in [2.24, 2.45) is 17.3 Å². The Morgan fingerprint density at radius 3 is 1.78 bits per heavy atom. The van der Waals surface area contributed by atoms with Crippen molar-refractivity contribution in [1.29, 1.82) is 0 Å². The van der Waals surface area contributed by atoms with Crippen LogP contribution in [0.4, 0.5) is 4.39 Å². The fourth-order valence-electron chi connectivity index (χ4n) is 2.53. The Hall–Kier alpha value is 0.982. The molecule has 0 aromatic rings. The van der Waals surface area contributed by atoms with Crippen LogP contribution in [0, 0.1) is 55.0 Å². The van der Waals surface area contributed by atoms with Gasteiger partial charge in [0.15, 0.2) is 0 Å². The van der Waals surface area contributed by atoms with E-state index in [9.17, 15) is 4.39 Å². The first-order valence-corrected chi connectivity index (χ1v) is 7.42. The van der Waals surface area contributed by atoms with E-state index in [0.717, 1.165) is 13.1 Å². The third-order valence-corrected chi connectivity index (χ3v) is 4.01. The van der Waals surface area contributed by atoms with Crippen LogP contribution in [-0.4, -0.2) is 0 Å². The first kappa shape index (κ1) is 21.3. The monoisotopic (exact) mass is 481 g/mol. The molecule has 0 aromatic heterocycles. The topological polar surface area (TPSA) is 0 Å². The fourth-order valence-corrected chi connectivity index (χ4v) is 2.53. The van der Waals surface area contributed by atoms with E-state index in [2.05, 4.69) is 34.6 Å². The summed E-state index contributed by atoms with van der Waals surface area (Å²) in [6, 6.07) is 0. The summed E-state index contributed by atoms with van der Waals surface area (Å²) in [5.41, 5.74) is 0.337. The van der Waals surface area contributed by atoms with Crippen LogP contribution < -0.4 is 0 Å². The van der Waals surface area contributed by atoms with Gasteiger partial charge in [0.25, 0.3) is 0 Å². The van der Waals surface area contributed by atoms with Gasteiger partial charge in [-0.25, -0.2) is 0 Å². The van der Waals surface area contributed by atoms with E-state index in [1.807, 2.05) is 0 Å². The molecule has 0 nitrogen and oxygen atoms in total. The fraction of sp³-hybridized carbons (Fsp3) is 0.938. The Labute approximate surface area is 138 Å². The Morgan fingerprint density at radius 1 is 1.06 bits per heavy atom. The van der Waals surface area contributed by atoms with Gasteiger partial charge in [0, 0.05) is 31.1 Å². The SMILES string of the molecule is CCCCC(C)(CCCC)CC([CH-]F)C(C)C.[U]. The largest absolute Gasteiger partial charge is 0.459 e. The minimum atomic E-state index is 0. The summed E-state index contributed by atoms with van der Waals surface area (Å²) in [5.74, 6) is 0.552. The number of halogens is 1. The van der Waals surface area contributed by atoms with Crippen molar-refractivity contribution in [3.63, 3.8) is 0 Å². The van der Waals surface area contributed by atoms with Gasteiger partial charge in [0.1, 0.15) is 0 Å². The molecule has 0 radical (unpaired) electrons. The molecule has 0 rings (SSSR count). The minimum absolute atomic E-state index is 0. The van der Waals surface area contributed by atoms with Crippen LogP contribution in [0.15, 0.2) is 0 Å². The van der Waals surface area contributed by atoms with E-state index < -0.39 is 0 Å². The third kappa shape index (κ3) is 8.98. The molecule has 0 aliphatic rings. The van der Waals surface area contributed by atoms with E-state index >= 15 is 0 Å². The van der Waals surface area contributed by atoms with Gasteiger partial charge < -0.3 is 4.39 Å². The maximum absolute atomic E-state index is 13.0. The van der Waals surface area contributed by atoms with Crippen LogP contribution >= 0.6 is 0 Å². The van der Waals surface area contributed by atoms with Gasteiger partial charge in [-0.15, -0.1) is 5.92 Å². The molecule has 0 bridgehead atoms. The Kier molecular flexibility index (Phi) is 13.9. The summed E-state index contributed by atoms with van der Waals surface area (Å²) in [6.45, 7) is 12.0. The van der Waals surface area contributed by atoms with Crippen molar-refractivity contribution in [2.75, 3.05) is 0 Å². The van der Waals surface area contributed by atoms with E-state index in [1.54, 1.807) is 0 Å². The number of unbranched alkanes of at least 4 members (excludes halogenated alkanes) is 2. The van der Waals surface area contributed by atoms with Gasteiger partial charge >= 0.3 is 0 Å². The quantitative estimate of drug-likeness (QED) is 0.328. The van der Waals surface area contributed by atoms with Crippen molar-refractivity contribution >= 4 is 0 Å². The van der Waals surface area contributed by atoms with Crippen molar-refractivity contribution in [3.8, 4) is 0 Å². The van der Waals surface area contributed by atoms with Crippen LogP contribution in [-0.2, 0) is 0 Å².